The standard InChI is InChI=1S/C21H21NO5/c1-26-21(25)17-7-2-3-8-18(17)22-19(23)13-27-20(24)12-14-9-10-15-5-4-6-16(15)11-14/h2-3,7-11H,4-6,12-13H2,1H3,(H,22,23). The van der Waals surface area contributed by atoms with Crippen LogP contribution in [-0.4, -0.2) is 31.6 Å². The lowest BCUT2D eigenvalue weighted by atomic mass is 10.0. The molecule has 1 N–H and O–H groups in total. The van der Waals surface area contributed by atoms with Gasteiger partial charge in [0.05, 0.1) is 24.8 Å². The number of fused-ring (bicyclic) bond motifs is 1. The number of carbonyl (C=O) groups is 3. The van der Waals surface area contributed by atoms with Gasteiger partial charge in [0.15, 0.2) is 6.61 Å². The summed E-state index contributed by atoms with van der Waals surface area (Å²) in [6.45, 7) is -0.417. The Kier molecular flexibility index (Phi) is 5.86. The number of hydrogen-bond donors (Lipinski definition) is 1. The normalized spacial score (nSPS) is 12.2. The van der Waals surface area contributed by atoms with Crippen LogP contribution in [0.25, 0.3) is 0 Å². The molecule has 6 heteroatoms. The molecular weight excluding hydrogens is 346 g/mol. The molecule has 0 atom stereocenters. The van der Waals surface area contributed by atoms with Crippen LogP contribution in [0.5, 0.6) is 0 Å². The molecule has 0 unspecified atom stereocenters. The number of benzene rings is 2. The van der Waals surface area contributed by atoms with Gasteiger partial charge in [0.1, 0.15) is 0 Å². The van der Waals surface area contributed by atoms with E-state index in [-0.39, 0.29) is 12.0 Å². The molecule has 1 aliphatic carbocycles. The lowest BCUT2D eigenvalue weighted by molar-refractivity contribution is -0.146. The SMILES string of the molecule is COC(=O)c1ccccc1NC(=O)COC(=O)Cc1ccc2c(c1)CCC2. The first-order chi connectivity index (χ1) is 13.1. The van der Waals surface area contributed by atoms with Crippen LogP contribution in [0.3, 0.4) is 0 Å². The van der Waals surface area contributed by atoms with Gasteiger partial charge < -0.3 is 14.8 Å². The van der Waals surface area contributed by atoms with Gasteiger partial charge in [-0.15, -0.1) is 0 Å². The van der Waals surface area contributed by atoms with Crippen molar-refractivity contribution < 1.29 is 23.9 Å². The minimum absolute atomic E-state index is 0.124. The topological polar surface area (TPSA) is 81.7 Å². The van der Waals surface area contributed by atoms with Gasteiger partial charge in [-0.2, -0.15) is 0 Å². The van der Waals surface area contributed by atoms with Crippen LogP contribution in [0.2, 0.25) is 0 Å². The van der Waals surface area contributed by atoms with Crippen LogP contribution < -0.4 is 5.32 Å². The molecule has 1 aliphatic rings. The average Bonchev–Trinajstić information content (AvgIpc) is 3.14. The minimum Gasteiger partial charge on any atom is -0.465 e. The Morgan fingerprint density at radius 1 is 1.04 bits per heavy atom. The third-order valence-corrected chi connectivity index (χ3v) is 4.48. The fourth-order valence-corrected chi connectivity index (χ4v) is 3.17. The van der Waals surface area contributed by atoms with Crippen molar-refractivity contribution >= 4 is 23.5 Å². The van der Waals surface area contributed by atoms with Gasteiger partial charge >= 0.3 is 11.9 Å². The van der Waals surface area contributed by atoms with Crippen LogP contribution in [0, 0.1) is 0 Å². The Labute approximate surface area is 157 Å². The Balaban J connectivity index is 1.52. The highest BCUT2D eigenvalue weighted by Crippen LogP contribution is 2.23. The van der Waals surface area contributed by atoms with E-state index >= 15 is 0 Å². The van der Waals surface area contributed by atoms with E-state index in [4.69, 9.17) is 4.74 Å². The summed E-state index contributed by atoms with van der Waals surface area (Å²) in [5, 5.41) is 2.56. The molecule has 0 bridgehead atoms. The van der Waals surface area contributed by atoms with Crippen LogP contribution in [0.1, 0.15) is 33.5 Å². The van der Waals surface area contributed by atoms with Crippen LogP contribution in [0.15, 0.2) is 42.5 Å². The van der Waals surface area contributed by atoms with Crippen molar-refractivity contribution in [1.82, 2.24) is 0 Å². The number of methoxy groups -OCH3 is 1. The molecule has 0 spiro atoms. The zero-order chi connectivity index (χ0) is 19.2. The van der Waals surface area contributed by atoms with E-state index in [1.807, 2.05) is 12.1 Å². The third kappa shape index (κ3) is 4.73. The monoisotopic (exact) mass is 367 g/mol. The molecule has 0 fully saturated rings. The van der Waals surface area contributed by atoms with E-state index in [1.165, 1.54) is 18.2 Å². The molecule has 2 aromatic carbocycles. The average molecular weight is 367 g/mol. The second kappa shape index (κ2) is 8.49. The van der Waals surface area contributed by atoms with Gasteiger partial charge in [-0.05, 0) is 48.1 Å². The molecule has 27 heavy (non-hydrogen) atoms. The number of anilines is 1. The summed E-state index contributed by atoms with van der Waals surface area (Å²) in [6, 6.07) is 12.5. The van der Waals surface area contributed by atoms with Crippen molar-refractivity contribution in [2.24, 2.45) is 0 Å². The number of ether oxygens (including phenoxy) is 2. The molecule has 3 rings (SSSR count). The first-order valence-electron chi connectivity index (χ1n) is 8.80. The predicted molar refractivity (Wildman–Crippen MR) is 99.5 cm³/mol. The van der Waals surface area contributed by atoms with Gasteiger partial charge in [0.2, 0.25) is 0 Å². The minimum atomic E-state index is -0.556. The largest absolute Gasteiger partial charge is 0.465 e. The van der Waals surface area contributed by atoms with E-state index in [0.29, 0.717) is 5.69 Å². The van der Waals surface area contributed by atoms with Crippen molar-refractivity contribution in [2.45, 2.75) is 25.7 Å². The number of aryl methyl sites for hydroxylation is 2. The molecule has 140 valence electrons. The summed E-state index contributed by atoms with van der Waals surface area (Å²) in [5.74, 6) is -1.54. The van der Waals surface area contributed by atoms with Crippen LogP contribution in [-0.2, 0) is 38.3 Å². The number of carbonyl (C=O) groups excluding carboxylic acids is 3. The van der Waals surface area contributed by atoms with Gasteiger partial charge in [-0.3, -0.25) is 9.59 Å². The second-order valence-corrected chi connectivity index (χ2v) is 6.38. The maximum Gasteiger partial charge on any atom is 0.339 e. The maximum absolute atomic E-state index is 12.0. The summed E-state index contributed by atoms with van der Waals surface area (Å²) < 4.78 is 9.74. The fourth-order valence-electron chi connectivity index (χ4n) is 3.17. The van der Waals surface area contributed by atoms with E-state index in [2.05, 4.69) is 16.1 Å². The summed E-state index contributed by atoms with van der Waals surface area (Å²) in [5.41, 5.74) is 4.06. The first kappa shape index (κ1) is 18.6. The zero-order valence-corrected chi connectivity index (χ0v) is 15.1. The molecule has 0 aromatic heterocycles. The van der Waals surface area contributed by atoms with Gasteiger partial charge in [-0.1, -0.05) is 30.3 Å². The zero-order valence-electron chi connectivity index (χ0n) is 15.1. The number of hydrogen-bond acceptors (Lipinski definition) is 5. The Hall–Kier alpha value is -3.15. The molecule has 0 saturated heterocycles. The number of para-hydroxylation sites is 1. The second-order valence-electron chi connectivity index (χ2n) is 6.38. The number of nitrogens with one attached hydrogen (secondary N) is 1. The van der Waals surface area contributed by atoms with Gasteiger partial charge in [0.25, 0.3) is 5.91 Å². The van der Waals surface area contributed by atoms with Crippen LogP contribution >= 0.6 is 0 Å². The van der Waals surface area contributed by atoms with E-state index in [1.54, 1.807) is 24.3 Å². The lowest BCUT2D eigenvalue weighted by Gasteiger charge is -2.10. The molecule has 0 aliphatic heterocycles. The summed E-state index contributed by atoms with van der Waals surface area (Å²) >= 11 is 0. The predicted octanol–water partition coefficient (Wildman–Crippen LogP) is 2.69. The summed E-state index contributed by atoms with van der Waals surface area (Å²) in [4.78, 5) is 35.8. The Morgan fingerprint density at radius 2 is 1.81 bits per heavy atom. The van der Waals surface area contributed by atoms with Crippen molar-refractivity contribution in [3.8, 4) is 0 Å². The Bertz CT molecular complexity index is 875. The third-order valence-electron chi connectivity index (χ3n) is 4.48. The maximum atomic E-state index is 12.0. The van der Waals surface area contributed by atoms with Crippen molar-refractivity contribution in [1.29, 1.82) is 0 Å². The van der Waals surface area contributed by atoms with E-state index in [9.17, 15) is 14.4 Å². The Morgan fingerprint density at radius 3 is 2.63 bits per heavy atom. The van der Waals surface area contributed by atoms with Crippen molar-refractivity contribution in [3.05, 3.63) is 64.7 Å². The molecule has 1 amide bonds. The molecular formula is C21H21NO5. The highest BCUT2D eigenvalue weighted by atomic mass is 16.5. The van der Waals surface area contributed by atoms with Gasteiger partial charge in [-0.25, -0.2) is 4.79 Å². The van der Waals surface area contributed by atoms with Crippen molar-refractivity contribution in [2.75, 3.05) is 19.0 Å². The molecule has 6 nitrogen and oxygen atoms in total. The number of esters is 2. The van der Waals surface area contributed by atoms with E-state index < -0.39 is 24.5 Å². The van der Waals surface area contributed by atoms with Crippen molar-refractivity contribution in [3.63, 3.8) is 0 Å². The molecule has 0 heterocycles. The molecule has 2 aromatic rings. The van der Waals surface area contributed by atoms with E-state index in [0.717, 1.165) is 24.8 Å². The van der Waals surface area contributed by atoms with Crippen LogP contribution in [0.4, 0.5) is 5.69 Å². The smallest absolute Gasteiger partial charge is 0.339 e. The lowest BCUT2D eigenvalue weighted by Crippen LogP contribution is -2.22. The number of rotatable bonds is 6. The fraction of sp³-hybridized carbons (Fsp3) is 0.286. The highest BCUT2D eigenvalue weighted by molar-refractivity contribution is 6.01. The molecule has 0 saturated carbocycles. The number of amides is 1. The van der Waals surface area contributed by atoms with Gasteiger partial charge in [0, 0.05) is 0 Å². The summed E-state index contributed by atoms with van der Waals surface area (Å²) in [6.07, 6.45) is 3.41. The summed E-state index contributed by atoms with van der Waals surface area (Å²) in [7, 11) is 1.27. The quantitative estimate of drug-likeness (QED) is 0.794. The first-order valence-corrected chi connectivity index (χ1v) is 8.80. The highest BCUT2D eigenvalue weighted by Gasteiger charge is 2.16. The molecule has 0 radical (unpaired) electrons.